The topological polar surface area (TPSA) is 64.9 Å². The van der Waals surface area contributed by atoms with Gasteiger partial charge in [-0.25, -0.2) is 13.2 Å². The highest BCUT2D eigenvalue weighted by molar-refractivity contribution is 6.02. The van der Waals surface area contributed by atoms with Crippen molar-refractivity contribution in [2.45, 2.75) is 25.7 Å². The van der Waals surface area contributed by atoms with Gasteiger partial charge < -0.3 is 15.4 Å². The fourth-order valence-corrected chi connectivity index (χ4v) is 4.67. The van der Waals surface area contributed by atoms with Crippen molar-refractivity contribution in [3.63, 3.8) is 0 Å². The molecule has 0 aliphatic carbocycles. The minimum atomic E-state index is -0.842. The van der Waals surface area contributed by atoms with Crippen LogP contribution in [-0.2, 0) is 0 Å². The minimum absolute atomic E-state index is 0.00946. The maximum absolute atomic E-state index is 14.9. The first kappa shape index (κ1) is 22.3. The van der Waals surface area contributed by atoms with E-state index < -0.39 is 17.5 Å². The number of Topliss-reactive ketones (excluding diaryl/α,β-unsaturated/α-hetero) is 1. The molecule has 2 aliphatic rings. The first-order valence-electron chi connectivity index (χ1n) is 10.9. The smallest absolute Gasteiger partial charge is 0.169 e. The van der Waals surface area contributed by atoms with Crippen molar-refractivity contribution >= 4 is 17.2 Å². The van der Waals surface area contributed by atoms with Crippen LogP contribution in [0.15, 0.2) is 41.6 Å². The molecule has 8 heteroatoms. The van der Waals surface area contributed by atoms with Gasteiger partial charge in [-0.1, -0.05) is 5.16 Å². The number of ketones is 1. The lowest BCUT2D eigenvalue weighted by atomic mass is 9.87. The van der Waals surface area contributed by atoms with Gasteiger partial charge in [-0.2, -0.15) is 0 Å². The molecule has 2 heterocycles. The second-order valence-electron chi connectivity index (χ2n) is 8.42. The SMILES string of the molecule is O=C(c1ccc(F)cc1F)C1CCN(c2ccc(/C(=N\O)C3CCNCC3)c(F)c2)CC1. The molecule has 2 N–H and O–H groups in total. The molecule has 0 bridgehead atoms. The van der Waals surface area contributed by atoms with Crippen LogP contribution in [0.25, 0.3) is 0 Å². The van der Waals surface area contributed by atoms with Gasteiger partial charge in [-0.05, 0) is 69.1 Å². The normalized spacial score (nSPS) is 18.7. The van der Waals surface area contributed by atoms with Gasteiger partial charge in [0.1, 0.15) is 17.5 Å². The zero-order chi connectivity index (χ0) is 22.7. The van der Waals surface area contributed by atoms with Crippen LogP contribution in [-0.4, -0.2) is 42.9 Å². The number of hydrogen-bond donors (Lipinski definition) is 2. The van der Waals surface area contributed by atoms with Gasteiger partial charge in [0, 0.05) is 42.2 Å². The van der Waals surface area contributed by atoms with E-state index in [0.717, 1.165) is 38.1 Å². The van der Waals surface area contributed by atoms with Crippen molar-refractivity contribution in [2.75, 3.05) is 31.1 Å². The Morgan fingerprint density at radius 2 is 1.56 bits per heavy atom. The molecule has 0 unspecified atom stereocenters. The molecule has 4 rings (SSSR count). The van der Waals surface area contributed by atoms with Crippen molar-refractivity contribution in [1.82, 2.24) is 5.32 Å². The fraction of sp³-hybridized carbons (Fsp3) is 0.417. The molecule has 2 aliphatic heterocycles. The lowest BCUT2D eigenvalue weighted by Crippen LogP contribution is -2.36. The van der Waals surface area contributed by atoms with E-state index >= 15 is 0 Å². The van der Waals surface area contributed by atoms with E-state index in [-0.39, 0.29) is 23.2 Å². The summed E-state index contributed by atoms with van der Waals surface area (Å²) in [6.45, 7) is 2.65. The Balaban J connectivity index is 1.42. The summed E-state index contributed by atoms with van der Waals surface area (Å²) >= 11 is 0. The number of hydrogen-bond acceptors (Lipinski definition) is 5. The quantitative estimate of drug-likeness (QED) is 0.310. The first-order valence-corrected chi connectivity index (χ1v) is 10.9. The molecule has 0 radical (unpaired) electrons. The van der Waals surface area contributed by atoms with Gasteiger partial charge in [-0.3, -0.25) is 4.79 Å². The average Bonchev–Trinajstić information content (AvgIpc) is 2.81. The second-order valence-corrected chi connectivity index (χ2v) is 8.42. The number of halogens is 3. The summed E-state index contributed by atoms with van der Waals surface area (Å²) in [5.74, 6) is -2.67. The molecule has 2 aromatic carbocycles. The summed E-state index contributed by atoms with van der Waals surface area (Å²) in [6, 6.07) is 7.88. The summed E-state index contributed by atoms with van der Waals surface area (Å²) in [5, 5.41) is 16.1. The van der Waals surface area contributed by atoms with Gasteiger partial charge in [0.15, 0.2) is 5.78 Å². The van der Waals surface area contributed by atoms with Crippen LogP contribution in [0.3, 0.4) is 0 Å². The monoisotopic (exact) mass is 445 g/mol. The first-order chi connectivity index (χ1) is 15.5. The summed E-state index contributed by atoms with van der Waals surface area (Å²) in [5.41, 5.74) is 1.28. The zero-order valence-electron chi connectivity index (χ0n) is 17.7. The molecular formula is C24H26F3N3O2. The Labute approximate surface area is 184 Å². The van der Waals surface area contributed by atoms with E-state index in [0.29, 0.717) is 42.9 Å². The third kappa shape index (κ3) is 4.65. The van der Waals surface area contributed by atoms with Gasteiger partial charge in [0.05, 0.1) is 11.3 Å². The third-order valence-corrected chi connectivity index (χ3v) is 6.49. The van der Waals surface area contributed by atoms with Crippen molar-refractivity contribution in [3.8, 4) is 0 Å². The van der Waals surface area contributed by atoms with Crippen molar-refractivity contribution in [1.29, 1.82) is 0 Å². The maximum atomic E-state index is 14.9. The standard InChI is InChI=1S/C24H26F3N3O2/c25-17-1-3-20(21(26)13-17)24(31)16-7-11-30(12-8-16)18-2-4-19(22(27)14-18)23(29-32)15-5-9-28-10-6-15/h1-4,13-16,28,32H,5-12H2/b29-23-. The summed E-state index contributed by atoms with van der Waals surface area (Å²) in [4.78, 5) is 14.6. The van der Waals surface area contributed by atoms with Crippen molar-refractivity contribution in [3.05, 3.63) is 65.0 Å². The molecule has 0 atom stereocenters. The van der Waals surface area contributed by atoms with E-state index in [1.165, 1.54) is 12.1 Å². The minimum Gasteiger partial charge on any atom is -0.411 e. The number of anilines is 1. The molecule has 5 nitrogen and oxygen atoms in total. The number of carbonyl (C=O) groups excluding carboxylic acids is 1. The number of nitrogens with one attached hydrogen (secondary N) is 1. The Bertz CT molecular complexity index is 1010. The molecule has 2 saturated heterocycles. The molecule has 2 fully saturated rings. The number of nitrogens with zero attached hydrogens (tertiary/aromatic N) is 2. The molecule has 32 heavy (non-hydrogen) atoms. The summed E-state index contributed by atoms with van der Waals surface area (Å²) < 4.78 is 42.0. The van der Waals surface area contributed by atoms with E-state index in [4.69, 9.17) is 0 Å². The molecule has 0 amide bonds. The Kier molecular flexibility index (Phi) is 6.79. The second kappa shape index (κ2) is 9.73. The van der Waals surface area contributed by atoms with Crippen LogP contribution in [0.2, 0.25) is 0 Å². The summed E-state index contributed by atoms with van der Waals surface area (Å²) in [6.07, 6.45) is 2.57. The van der Waals surface area contributed by atoms with Gasteiger partial charge in [0.25, 0.3) is 0 Å². The summed E-state index contributed by atoms with van der Waals surface area (Å²) in [7, 11) is 0. The highest BCUT2D eigenvalue weighted by Crippen LogP contribution is 2.29. The highest BCUT2D eigenvalue weighted by Gasteiger charge is 2.29. The number of rotatable bonds is 5. The Morgan fingerprint density at radius 1 is 0.906 bits per heavy atom. The Morgan fingerprint density at radius 3 is 2.19 bits per heavy atom. The molecule has 0 aromatic heterocycles. The number of piperidine rings is 2. The van der Waals surface area contributed by atoms with E-state index in [1.807, 2.05) is 4.90 Å². The van der Waals surface area contributed by atoms with Crippen LogP contribution in [0.1, 0.15) is 41.6 Å². The van der Waals surface area contributed by atoms with Gasteiger partial charge in [-0.15, -0.1) is 0 Å². The Hall–Kier alpha value is -2.87. The number of oxime groups is 1. The van der Waals surface area contributed by atoms with E-state index in [2.05, 4.69) is 10.5 Å². The van der Waals surface area contributed by atoms with Crippen LogP contribution in [0.4, 0.5) is 18.9 Å². The molecule has 2 aromatic rings. The van der Waals surface area contributed by atoms with Crippen molar-refractivity contribution < 1.29 is 23.2 Å². The zero-order valence-corrected chi connectivity index (χ0v) is 17.7. The van der Waals surface area contributed by atoms with Crippen LogP contribution in [0, 0.1) is 29.3 Å². The van der Waals surface area contributed by atoms with Gasteiger partial charge >= 0.3 is 0 Å². The number of carbonyl (C=O) groups is 1. The maximum Gasteiger partial charge on any atom is 0.169 e. The molecular weight excluding hydrogens is 419 g/mol. The van der Waals surface area contributed by atoms with E-state index in [1.54, 1.807) is 12.1 Å². The fourth-order valence-electron chi connectivity index (χ4n) is 4.67. The largest absolute Gasteiger partial charge is 0.411 e. The average molecular weight is 445 g/mol. The molecule has 0 saturated carbocycles. The van der Waals surface area contributed by atoms with Gasteiger partial charge in [0.2, 0.25) is 0 Å². The highest BCUT2D eigenvalue weighted by atomic mass is 19.1. The lowest BCUT2D eigenvalue weighted by Gasteiger charge is -2.33. The van der Waals surface area contributed by atoms with E-state index in [9.17, 15) is 23.2 Å². The lowest BCUT2D eigenvalue weighted by molar-refractivity contribution is 0.0896. The third-order valence-electron chi connectivity index (χ3n) is 6.49. The molecule has 170 valence electrons. The van der Waals surface area contributed by atoms with Crippen LogP contribution in [0.5, 0.6) is 0 Å². The predicted octanol–water partition coefficient (Wildman–Crippen LogP) is 4.38. The molecule has 0 spiro atoms. The van der Waals surface area contributed by atoms with Crippen molar-refractivity contribution in [2.24, 2.45) is 17.0 Å². The predicted molar refractivity (Wildman–Crippen MR) is 116 cm³/mol. The van der Waals surface area contributed by atoms with Crippen LogP contribution < -0.4 is 10.2 Å². The number of benzene rings is 2. The van der Waals surface area contributed by atoms with Crippen LogP contribution >= 0.6 is 0 Å².